The standard InChI is InChI=1S/C22H29N3O4/c1-28-18-7-8-19-16(15-29-20(19)14-18)13-21(26)24-9-11-25(12-10-24)22(27)23-17-5-3-2-4-6-17/h7-8,14-15,17H,2-6,9-13H2,1H3,(H,23,27). The Labute approximate surface area is 171 Å². The van der Waals surface area contributed by atoms with Gasteiger partial charge in [0.25, 0.3) is 0 Å². The number of fused-ring (bicyclic) bond motifs is 1. The molecule has 1 saturated carbocycles. The lowest BCUT2D eigenvalue weighted by Gasteiger charge is -2.36. The van der Waals surface area contributed by atoms with Crippen LogP contribution in [-0.2, 0) is 11.2 Å². The average molecular weight is 399 g/mol. The molecule has 0 radical (unpaired) electrons. The fourth-order valence-electron chi connectivity index (χ4n) is 4.27. The summed E-state index contributed by atoms with van der Waals surface area (Å²) in [5, 5.41) is 4.09. The molecule has 1 aromatic carbocycles. The van der Waals surface area contributed by atoms with Gasteiger partial charge in [-0.15, -0.1) is 0 Å². The summed E-state index contributed by atoms with van der Waals surface area (Å²) in [5.41, 5.74) is 1.60. The van der Waals surface area contributed by atoms with Crippen molar-refractivity contribution in [2.45, 2.75) is 44.6 Å². The summed E-state index contributed by atoms with van der Waals surface area (Å²) in [7, 11) is 1.61. The molecule has 2 aliphatic rings. The van der Waals surface area contributed by atoms with Crippen LogP contribution in [0.25, 0.3) is 11.0 Å². The third-order valence-corrected chi connectivity index (χ3v) is 6.06. The van der Waals surface area contributed by atoms with Crippen LogP contribution in [-0.4, -0.2) is 61.1 Å². The van der Waals surface area contributed by atoms with Crippen molar-refractivity contribution in [3.63, 3.8) is 0 Å². The molecule has 29 heavy (non-hydrogen) atoms. The molecule has 2 fully saturated rings. The van der Waals surface area contributed by atoms with Gasteiger partial charge in [-0.25, -0.2) is 4.79 Å². The summed E-state index contributed by atoms with van der Waals surface area (Å²) in [4.78, 5) is 28.9. The van der Waals surface area contributed by atoms with E-state index in [0.717, 1.165) is 35.1 Å². The van der Waals surface area contributed by atoms with Crippen molar-refractivity contribution in [2.24, 2.45) is 0 Å². The first-order valence-electron chi connectivity index (χ1n) is 10.5. The highest BCUT2D eigenvalue weighted by molar-refractivity contribution is 5.88. The van der Waals surface area contributed by atoms with Crippen LogP contribution in [0, 0.1) is 0 Å². The fraction of sp³-hybridized carbons (Fsp3) is 0.545. The number of carbonyl (C=O) groups excluding carboxylic acids is 2. The maximum atomic E-state index is 12.8. The van der Waals surface area contributed by atoms with Crippen LogP contribution in [0.15, 0.2) is 28.9 Å². The second-order valence-corrected chi connectivity index (χ2v) is 7.95. The number of piperazine rings is 1. The summed E-state index contributed by atoms with van der Waals surface area (Å²) < 4.78 is 10.8. The first-order valence-corrected chi connectivity index (χ1v) is 10.5. The lowest BCUT2D eigenvalue weighted by Crippen LogP contribution is -2.54. The van der Waals surface area contributed by atoms with Crippen LogP contribution in [0.2, 0.25) is 0 Å². The highest BCUT2D eigenvalue weighted by Crippen LogP contribution is 2.26. The number of furan rings is 1. The summed E-state index contributed by atoms with van der Waals surface area (Å²) in [6.45, 7) is 2.29. The fourth-order valence-corrected chi connectivity index (χ4v) is 4.27. The number of hydrogen-bond donors (Lipinski definition) is 1. The van der Waals surface area contributed by atoms with Crippen LogP contribution in [0.1, 0.15) is 37.7 Å². The Kier molecular flexibility index (Phi) is 5.92. The van der Waals surface area contributed by atoms with Crippen molar-refractivity contribution in [2.75, 3.05) is 33.3 Å². The lowest BCUT2D eigenvalue weighted by molar-refractivity contribution is -0.131. The van der Waals surface area contributed by atoms with E-state index in [1.54, 1.807) is 13.4 Å². The highest BCUT2D eigenvalue weighted by Gasteiger charge is 2.26. The quantitative estimate of drug-likeness (QED) is 0.857. The molecular weight excluding hydrogens is 370 g/mol. The van der Waals surface area contributed by atoms with Gasteiger partial charge in [-0.05, 0) is 25.0 Å². The molecule has 1 saturated heterocycles. The molecule has 2 aromatic rings. The largest absolute Gasteiger partial charge is 0.497 e. The molecule has 1 aliphatic heterocycles. The van der Waals surface area contributed by atoms with Crippen molar-refractivity contribution in [3.05, 3.63) is 30.0 Å². The molecule has 3 amide bonds. The van der Waals surface area contributed by atoms with E-state index in [0.29, 0.717) is 38.6 Å². The van der Waals surface area contributed by atoms with Crippen molar-refractivity contribution >= 4 is 22.9 Å². The third kappa shape index (κ3) is 4.49. The maximum absolute atomic E-state index is 12.8. The van der Waals surface area contributed by atoms with Gasteiger partial charge in [-0.3, -0.25) is 4.79 Å². The number of benzene rings is 1. The average Bonchev–Trinajstić information content (AvgIpc) is 3.16. The Morgan fingerprint density at radius 1 is 1.10 bits per heavy atom. The summed E-state index contributed by atoms with van der Waals surface area (Å²) in [6, 6.07) is 5.94. The van der Waals surface area contributed by atoms with Crippen molar-refractivity contribution in [1.29, 1.82) is 0 Å². The number of amides is 3. The molecule has 156 valence electrons. The van der Waals surface area contributed by atoms with E-state index in [-0.39, 0.29) is 11.9 Å². The number of rotatable bonds is 4. The zero-order valence-corrected chi connectivity index (χ0v) is 17.0. The lowest BCUT2D eigenvalue weighted by atomic mass is 9.96. The first-order chi connectivity index (χ1) is 14.1. The summed E-state index contributed by atoms with van der Waals surface area (Å²) >= 11 is 0. The Morgan fingerprint density at radius 3 is 2.55 bits per heavy atom. The molecule has 0 spiro atoms. The van der Waals surface area contributed by atoms with Gasteiger partial charge in [0.2, 0.25) is 5.91 Å². The highest BCUT2D eigenvalue weighted by atomic mass is 16.5. The zero-order chi connectivity index (χ0) is 20.2. The Bertz CT molecular complexity index is 864. The number of methoxy groups -OCH3 is 1. The number of nitrogens with zero attached hydrogens (tertiary/aromatic N) is 2. The van der Waals surface area contributed by atoms with Gasteiger partial charge >= 0.3 is 6.03 Å². The van der Waals surface area contributed by atoms with E-state index in [1.165, 1.54) is 19.3 Å². The molecule has 1 N–H and O–H groups in total. The van der Waals surface area contributed by atoms with Gasteiger partial charge in [-0.1, -0.05) is 19.3 Å². The first kappa shape index (κ1) is 19.6. The number of ether oxygens (including phenoxy) is 1. The predicted octanol–water partition coefficient (Wildman–Crippen LogP) is 3.17. The van der Waals surface area contributed by atoms with Crippen LogP contribution in [0.3, 0.4) is 0 Å². The Hall–Kier alpha value is -2.70. The van der Waals surface area contributed by atoms with E-state index in [9.17, 15) is 9.59 Å². The minimum Gasteiger partial charge on any atom is -0.497 e. The topological polar surface area (TPSA) is 75.0 Å². The monoisotopic (exact) mass is 399 g/mol. The number of hydrogen-bond acceptors (Lipinski definition) is 4. The number of urea groups is 1. The van der Waals surface area contributed by atoms with Crippen LogP contribution >= 0.6 is 0 Å². The molecule has 1 aromatic heterocycles. The van der Waals surface area contributed by atoms with Gasteiger partial charge < -0.3 is 24.3 Å². The normalized spacial score (nSPS) is 18.1. The minimum absolute atomic E-state index is 0.0128. The van der Waals surface area contributed by atoms with Crippen molar-refractivity contribution in [3.8, 4) is 5.75 Å². The zero-order valence-electron chi connectivity index (χ0n) is 17.0. The second-order valence-electron chi connectivity index (χ2n) is 7.95. The molecule has 7 heteroatoms. The number of carbonyl (C=O) groups is 2. The molecule has 7 nitrogen and oxygen atoms in total. The minimum atomic E-state index is 0.0128. The van der Waals surface area contributed by atoms with Crippen LogP contribution < -0.4 is 10.1 Å². The van der Waals surface area contributed by atoms with Gasteiger partial charge in [0, 0.05) is 49.2 Å². The molecule has 0 atom stereocenters. The predicted molar refractivity (Wildman–Crippen MR) is 110 cm³/mol. The van der Waals surface area contributed by atoms with Gasteiger partial charge in [0.05, 0.1) is 19.8 Å². The van der Waals surface area contributed by atoms with E-state index in [4.69, 9.17) is 9.15 Å². The van der Waals surface area contributed by atoms with Crippen molar-refractivity contribution < 1.29 is 18.7 Å². The van der Waals surface area contributed by atoms with Gasteiger partial charge in [0.15, 0.2) is 0 Å². The third-order valence-electron chi connectivity index (χ3n) is 6.06. The van der Waals surface area contributed by atoms with E-state index in [2.05, 4.69) is 5.32 Å². The molecular formula is C22H29N3O4. The maximum Gasteiger partial charge on any atom is 0.317 e. The van der Waals surface area contributed by atoms with Gasteiger partial charge in [0.1, 0.15) is 11.3 Å². The van der Waals surface area contributed by atoms with E-state index < -0.39 is 0 Å². The van der Waals surface area contributed by atoms with Crippen LogP contribution in [0.4, 0.5) is 4.79 Å². The smallest absolute Gasteiger partial charge is 0.317 e. The molecule has 2 heterocycles. The Balaban J connectivity index is 1.29. The molecule has 0 unspecified atom stereocenters. The second kappa shape index (κ2) is 8.76. The summed E-state index contributed by atoms with van der Waals surface area (Å²) in [6.07, 6.45) is 7.77. The summed E-state index contributed by atoms with van der Waals surface area (Å²) in [5.74, 6) is 0.795. The number of nitrogens with one attached hydrogen (secondary N) is 1. The SMILES string of the molecule is COc1ccc2c(CC(=O)N3CCN(C(=O)NC4CCCCC4)CC3)coc2c1. The van der Waals surface area contributed by atoms with E-state index in [1.807, 2.05) is 28.0 Å². The van der Waals surface area contributed by atoms with E-state index >= 15 is 0 Å². The van der Waals surface area contributed by atoms with Crippen molar-refractivity contribution in [1.82, 2.24) is 15.1 Å². The van der Waals surface area contributed by atoms with Gasteiger partial charge in [-0.2, -0.15) is 0 Å². The molecule has 1 aliphatic carbocycles. The molecule has 0 bridgehead atoms. The molecule has 4 rings (SSSR count). The van der Waals surface area contributed by atoms with Crippen LogP contribution in [0.5, 0.6) is 5.75 Å². The Morgan fingerprint density at radius 2 is 1.83 bits per heavy atom.